The molecule has 0 spiro atoms. The van der Waals surface area contributed by atoms with Crippen LogP contribution in [-0.4, -0.2) is 20.9 Å². The number of ether oxygens (including phenoxy) is 1. The third-order valence-corrected chi connectivity index (χ3v) is 1.69. The van der Waals surface area contributed by atoms with Crippen LogP contribution in [0, 0.1) is 0 Å². The maximum Gasteiger partial charge on any atom is 0.216 e. The summed E-state index contributed by atoms with van der Waals surface area (Å²) in [7, 11) is 3.43. The molecule has 4 heteroatoms. The molecule has 1 N–H and O–H groups in total. The normalized spacial score (nSPS) is 9.31. The molecule has 1 amide bonds. The molecule has 0 aliphatic heterocycles. The van der Waals surface area contributed by atoms with Crippen LogP contribution in [0.1, 0.15) is 0 Å². The molecule has 0 saturated heterocycles. The van der Waals surface area contributed by atoms with Crippen LogP contribution < -0.4 is 10.1 Å². The first-order chi connectivity index (χ1) is 6.26. The van der Waals surface area contributed by atoms with Crippen molar-refractivity contribution in [2.75, 3.05) is 12.4 Å². The molecular weight excluding hydrogens is 165 g/mol. The Kier molecular flexibility index (Phi) is 3.37. The van der Waals surface area contributed by atoms with Gasteiger partial charge in [0.1, 0.15) is 13.6 Å². The average Bonchev–Trinajstić information content (AvgIpc) is 2.19. The molecule has 3 nitrogen and oxygen atoms in total. The van der Waals surface area contributed by atoms with Crippen molar-refractivity contribution in [1.82, 2.24) is 0 Å². The highest BCUT2D eigenvalue weighted by molar-refractivity contribution is 6.22. The second kappa shape index (κ2) is 4.55. The molecule has 0 aliphatic carbocycles. The molecule has 0 bridgehead atoms. The molecule has 0 atom stereocenters. The van der Waals surface area contributed by atoms with E-state index in [-0.39, 0.29) is 5.91 Å². The Morgan fingerprint density at radius 1 is 1.46 bits per heavy atom. The van der Waals surface area contributed by atoms with Crippen LogP contribution in [0.25, 0.3) is 0 Å². The topological polar surface area (TPSA) is 38.3 Å². The Hall–Kier alpha value is -1.45. The van der Waals surface area contributed by atoms with Crippen molar-refractivity contribution in [3.05, 3.63) is 24.3 Å². The minimum Gasteiger partial charge on any atom is -0.497 e. The van der Waals surface area contributed by atoms with Gasteiger partial charge in [0.15, 0.2) is 0 Å². The minimum absolute atomic E-state index is 0.0187. The number of rotatable bonds is 3. The molecule has 0 aliphatic rings. The van der Waals surface area contributed by atoms with Gasteiger partial charge in [-0.3, -0.25) is 4.79 Å². The monoisotopic (exact) mass is 177 g/mol. The second-order valence-corrected chi connectivity index (χ2v) is 2.63. The van der Waals surface area contributed by atoms with E-state index in [1.807, 2.05) is 32.1 Å². The third-order valence-electron chi connectivity index (χ3n) is 1.69. The first kappa shape index (κ1) is 9.64. The first-order valence-corrected chi connectivity index (χ1v) is 4.20. The number of hydrogen-bond acceptors (Lipinski definition) is 2. The van der Waals surface area contributed by atoms with Crippen LogP contribution in [-0.2, 0) is 4.79 Å². The zero-order valence-corrected chi connectivity index (χ0v) is 7.83. The van der Waals surface area contributed by atoms with E-state index in [1.165, 1.54) is 0 Å². The number of amides is 1. The van der Waals surface area contributed by atoms with Crippen molar-refractivity contribution in [3.63, 3.8) is 0 Å². The Balaban J connectivity index is 2.64. The molecule has 0 heterocycles. The van der Waals surface area contributed by atoms with Gasteiger partial charge in [0.25, 0.3) is 0 Å². The zero-order chi connectivity index (χ0) is 9.68. The van der Waals surface area contributed by atoms with E-state index in [4.69, 9.17) is 4.74 Å². The van der Waals surface area contributed by atoms with E-state index in [1.54, 1.807) is 7.11 Å². The Bertz CT molecular complexity index is 284. The molecule has 0 unspecified atom stereocenters. The summed E-state index contributed by atoms with van der Waals surface area (Å²) in [4.78, 5) is 11.0. The van der Waals surface area contributed by atoms with Crippen molar-refractivity contribution in [3.8, 4) is 5.75 Å². The molecule has 0 fully saturated rings. The molecule has 1 aromatic rings. The average molecular weight is 177 g/mol. The fourth-order valence-electron chi connectivity index (χ4n) is 0.924. The van der Waals surface area contributed by atoms with E-state index < -0.39 is 0 Å². The maximum absolute atomic E-state index is 11.0. The Morgan fingerprint density at radius 2 is 2.08 bits per heavy atom. The molecule has 68 valence electrons. The standard InChI is InChI=1S/C9H12BNO2/c1-13-8-4-2-7(3-5-8)11-9(12)6-10/h2-5H,6,10H2,1H3,(H,11,12). The molecule has 0 aromatic heterocycles. The summed E-state index contributed by atoms with van der Waals surface area (Å²) in [5, 5.41) is 2.75. The van der Waals surface area contributed by atoms with Gasteiger partial charge >= 0.3 is 0 Å². The number of carbonyl (C=O) groups is 1. The van der Waals surface area contributed by atoms with E-state index >= 15 is 0 Å². The molecule has 0 saturated carbocycles. The number of nitrogens with one attached hydrogen (secondary N) is 1. The molecule has 1 rings (SSSR count). The fraction of sp³-hybridized carbons (Fsp3) is 0.222. The SMILES string of the molecule is BCC(=O)Nc1ccc(OC)cc1. The largest absolute Gasteiger partial charge is 0.497 e. The molecular formula is C9H12BNO2. The zero-order valence-electron chi connectivity index (χ0n) is 7.83. The lowest BCUT2D eigenvalue weighted by atomic mass is 10.1. The number of anilines is 1. The van der Waals surface area contributed by atoms with Gasteiger partial charge < -0.3 is 10.1 Å². The van der Waals surface area contributed by atoms with E-state index in [0.717, 1.165) is 11.4 Å². The van der Waals surface area contributed by atoms with Gasteiger partial charge in [-0.1, -0.05) is 0 Å². The summed E-state index contributed by atoms with van der Waals surface area (Å²) in [5.41, 5.74) is 0.799. The number of hydrogen-bond donors (Lipinski definition) is 1. The smallest absolute Gasteiger partial charge is 0.216 e. The lowest BCUT2D eigenvalue weighted by molar-refractivity contribution is -0.114. The van der Waals surface area contributed by atoms with Gasteiger partial charge in [0, 0.05) is 5.69 Å². The van der Waals surface area contributed by atoms with Crippen molar-refractivity contribution in [2.45, 2.75) is 6.32 Å². The van der Waals surface area contributed by atoms with Crippen LogP contribution in [0.5, 0.6) is 5.75 Å². The second-order valence-electron chi connectivity index (χ2n) is 2.63. The van der Waals surface area contributed by atoms with Crippen molar-refractivity contribution < 1.29 is 9.53 Å². The van der Waals surface area contributed by atoms with Crippen molar-refractivity contribution in [1.29, 1.82) is 0 Å². The van der Waals surface area contributed by atoms with Gasteiger partial charge in [0.2, 0.25) is 5.91 Å². The van der Waals surface area contributed by atoms with Gasteiger partial charge in [-0.15, -0.1) is 0 Å². The first-order valence-electron chi connectivity index (χ1n) is 4.20. The van der Waals surface area contributed by atoms with Crippen molar-refractivity contribution in [2.24, 2.45) is 0 Å². The quantitative estimate of drug-likeness (QED) is 0.689. The third kappa shape index (κ3) is 2.82. The van der Waals surface area contributed by atoms with Crippen LogP contribution in [0.3, 0.4) is 0 Å². The van der Waals surface area contributed by atoms with Gasteiger partial charge in [0.05, 0.1) is 7.11 Å². The van der Waals surface area contributed by atoms with Crippen LogP contribution in [0.4, 0.5) is 5.69 Å². The summed E-state index contributed by atoms with van der Waals surface area (Å²) < 4.78 is 4.99. The van der Waals surface area contributed by atoms with Gasteiger partial charge in [-0.05, 0) is 30.6 Å². The summed E-state index contributed by atoms with van der Waals surface area (Å²) in [5.74, 6) is 0.805. The Labute approximate surface area is 78.5 Å². The highest BCUT2D eigenvalue weighted by Gasteiger charge is 1.97. The Morgan fingerprint density at radius 3 is 2.54 bits per heavy atom. The van der Waals surface area contributed by atoms with Crippen LogP contribution >= 0.6 is 0 Å². The van der Waals surface area contributed by atoms with Gasteiger partial charge in [-0.25, -0.2) is 0 Å². The van der Waals surface area contributed by atoms with Crippen molar-refractivity contribution >= 4 is 19.4 Å². The van der Waals surface area contributed by atoms with Crippen LogP contribution in [0.2, 0.25) is 6.32 Å². The van der Waals surface area contributed by atoms with E-state index in [2.05, 4.69) is 5.32 Å². The summed E-state index contributed by atoms with van der Waals surface area (Å²) in [6, 6.07) is 7.25. The predicted octanol–water partition coefficient (Wildman–Crippen LogP) is 0.685. The van der Waals surface area contributed by atoms with Gasteiger partial charge in [-0.2, -0.15) is 0 Å². The summed E-state index contributed by atoms with van der Waals surface area (Å²) in [6.45, 7) is 0. The lowest BCUT2D eigenvalue weighted by Gasteiger charge is -2.04. The maximum atomic E-state index is 11.0. The van der Waals surface area contributed by atoms with E-state index in [9.17, 15) is 4.79 Å². The highest BCUT2D eigenvalue weighted by atomic mass is 16.5. The summed E-state index contributed by atoms with van der Waals surface area (Å²) in [6.07, 6.45) is 0.492. The number of carbonyl (C=O) groups excluding carboxylic acids is 1. The van der Waals surface area contributed by atoms with Crippen LogP contribution in [0.15, 0.2) is 24.3 Å². The predicted molar refractivity (Wildman–Crippen MR) is 55.0 cm³/mol. The fourth-order valence-corrected chi connectivity index (χ4v) is 0.924. The number of benzene rings is 1. The lowest BCUT2D eigenvalue weighted by Crippen LogP contribution is -2.09. The molecule has 1 aromatic carbocycles. The molecule has 13 heavy (non-hydrogen) atoms. The minimum atomic E-state index is 0.0187. The summed E-state index contributed by atoms with van der Waals surface area (Å²) >= 11 is 0. The molecule has 0 radical (unpaired) electrons. The van der Waals surface area contributed by atoms with E-state index in [0.29, 0.717) is 6.32 Å². The highest BCUT2D eigenvalue weighted by Crippen LogP contribution is 2.14. The number of methoxy groups -OCH3 is 1.